The molecule has 1 unspecified atom stereocenters. The molecule has 10 heteroatoms. The third-order valence-corrected chi connectivity index (χ3v) is 5.03. The topological polar surface area (TPSA) is 130 Å². The number of rotatable bonds is 7. The molecule has 0 aliphatic heterocycles. The van der Waals surface area contributed by atoms with Crippen molar-refractivity contribution in [3.05, 3.63) is 18.3 Å². The molecule has 1 atom stereocenters. The Bertz CT molecular complexity index is 710. The molecule has 21 heavy (non-hydrogen) atoms. The van der Waals surface area contributed by atoms with Gasteiger partial charge in [0.25, 0.3) is 0 Å². The van der Waals surface area contributed by atoms with E-state index >= 15 is 0 Å². The first-order chi connectivity index (χ1) is 9.58. The summed E-state index contributed by atoms with van der Waals surface area (Å²) >= 11 is 0. The molecule has 0 fully saturated rings. The van der Waals surface area contributed by atoms with E-state index in [1.165, 1.54) is 0 Å². The van der Waals surface area contributed by atoms with Crippen LogP contribution in [-0.2, 0) is 24.7 Å². The highest BCUT2D eigenvalue weighted by Gasteiger charge is 2.25. The molecule has 118 valence electrons. The second-order valence-electron chi connectivity index (χ2n) is 4.41. The van der Waals surface area contributed by atoms with Crippen LogP contribution in [0.1, 0.15) is 19.8 Å². The second kappa shape index (κ2) is 6.50. The molecule has 1 aromatic heterocycles. The maximum Gasteiger partial charge on any atom is 0.321 e. The molecule has 1 rings (SSSR count). The highest BCUT2D eigenvalue weighted by Crippen LogP contribution is 2.12. The number of nitrogens with zero attached hydrogens (tertiary/aromatic N) is 1. The lowest BCUT2D eigenvalue weighted by Gasteiger charge is -2.13. The minimum Gasteiger partial charge on any atom is -0.480 e. The van der Waals surface area contributed by atoms with Gasteiger partial charge in [-0.2, -0.15) is 4.72 Å². The molecule has 0 amide bonds. The molecular weight excluding hydrogens is 320 g/mol. The quantitative estimate of drug-likeness (QED) is 0.717. The Morgan fingerprint density at radius 3 is 2.33 bits per heavy atom. The number of carbonyl (C=O) groups is 1. The Kier molecular flexibility index (Phi) is 5.42. The SMILES string of the molecule is CCCC(NS(=O)(=O)c1ccc(S(C)(=O)=O)nc1)C(=O)O. The van der Waals surface area contributed by atoms with E-state index in [1.807, 2.05) is 0 Å². The van der Waals surface area contributed by atoms with Crippen LogP contribution < -0.4 is 4.72 Å². The lowest BCUT2D eigenvalue weighted by atomic mass is 10.2. The van der Waals surface area contributed by atoms with Crippen LogP contribution in [0.2, 0.25) is 0 Å². The van der Waals surface area contributed by atoms with Crippen molar-refractivity contribution in [2.45, 2.75) is 35.7 Å². The monoisotopic (exact) mass is 336 g/mol. The fourth-order valence-corrected chi connectivity index (χ4v) is 3.25. The van der Waals surface area contributed by atoms with Crippen molar-refractivity contribution >= 4 is 25.8 Å². The van der Waals surface area contributed by atoms with Crippen LogP contribution in [0.4, 0.5) is 0 Å². The number of aliphatic carboxylic acids is 1. The van der Waals surface area contributed by atoms with Crippen molar-refractivity contribution in [3.63, 3.8) is 0 Å². The van der Waals surface area contributed by atoms with Crippen molar-refractivity contribution in [3.8, 4) is 0 Å². The predicted molar refractivity (Wildman–Crippen MR) is 74.0 cm³/mol. The minimum absolute atomic E-state index is 0.142. The van der Waals surface area contributed by atoms with Gasteiger partial charge in [0.05, 0.1) is 0 Å². The van der Waals surface area contributed by atoms with Crippen molar-refractivity contribution in [2.75, 3.05) is 6.26 Å². The molecule has 0 radical (unpaired) electrons. The van der Waals surface area contributed by atoms with E-state index in [0.29, 0.717) is 6.42 Å². The third-order valence-electron chi connectivity index (χ3n) is 2.57. The van der Waals surface area contributed by atoms with Gasteiger partial charge in [0, 0.05) is 12.5 Å². The predicted octanol–water partition coefficient (Wildman–Crippen LogP) is 0.0167. The molecule has 1 heterocycles. The van der Waals surface area contributed by atoms with Crippen molar-refractivity contribution in [1.29, 1.82) is 0 Å². The first-order valence-electron chi connectivity index (χ1n) is 5.99. The number of aromatic nitrogens is 1. The third kappa shape index (κ3) is 4.76. The molecule has 2 N–H and O–H groups in total. The van der Waals surface area contributed by atoms with Gasteiger partial charge in [0.15, 0.2) is 14.9 Å². The summed E-state index contributed by atoms with van der Waals surface area (Å²) in [5, 5.41) is 8.68. The van der Waals surface area contributed by atoms with Crippen LogP contribution in [-0.4, -0.2) is 45.2 Å². The van der Waals surface area contributed by atoms with Crippen LogP contribution in [0.15, 0.2) is 28.3 Å². The number of sulfone groups is 1. The lowest BCUT2D eigenvalue weighted by molar-refractivity contribution is -0.139. The standard InChI is InChI=1S/C11H16N2O6S2/c1-3-4-9(11(14)15)13-21(18,19)8-5-6-10(12-7-8)20(2,16)17/h5-7,9,13H,3-4H2,1-2H3,(H,14,15). The fourth-order valence-electron chi connectivity index (χ4n) is 1.52. The molecule has 1 aromatic rings. The Balaban J connectivity index is 3.05. The molecule has 0 spiro atoms. The number of hydrogen-bond donors (Lipinski definition) is 2. The Labute approximate surface area is 123 Å². The summed E-state index contributed by atoms with van der Waals surface area (Å²) in [4.78, 5) is 14.2. The van der Waals surface area contributed by atoms with Crippen molar-refractivity contribution in [2.24, 2.45) is 0 Å². The molecule has 0 saturated carbocycles. The van der Waals surface area contributed by atoms with Gasteiger partial charge in [-0.1, -0.05) is 13.3 Å². The molecule has 0 saturated heterocycles. The summed E-state index contributed by atoms with van der Waals surface area (Å²) < 4.78 is 48.6. The van der Waals surface area contributed by atoms with Crippen LogP contribution in [0.25, 0.3) is 0 Å². The zero-order chi connectivity index (χ0) is 16.3. The first-order valence-corrected chi connectivity index (χ1v) is 9.36. The summed E-state index contributed by atoms with van der Waals surface area (Å²) in [5.41, 5.74) is 0. The van der Waals surface area contributed by atoms with Crippen LogP contribution in [0.3, 0.4) is 0 Å². The van der Waals surface area contributed by atoms with Gasteiger partial charge >= 0.3 is 5.97 Å². The normalized spacial score (nSPS) is 13.8. The zero-order valence-electron chi connectivity index (χ0n) is 11.5. The number of hydrogen-bond acceptors (Lipinski definition) is 6. The molecule has 0 aliphatic carbocycles. The van der Waals surface area contributed by atoms with Gasteiger partial charge in [-0.3, -0.25) is 4.79 Å². The zero-order valence-corrected chi connectivity index (χ0v) is 13.1. The molecule has 8 nitrogen and oxygen atoms in total. The summed E-state index contributed by atoms with van der Waals surface area (Å²) in [6, 6.07) is 0.880. The molecule has 0 aromatic carbocycles. The van der Waals surface area contributed by atoms with E-state index in [0.717, 1.165) is 24.6 Å². The number of carboxylic acid groups (broad SMARTS) is 1. The van der Waals surface area contributed by atoms with Crippen molar-refractivity contribution in [1.82, 2.24) is 9.71 Å². The van der Waals surface area contributed by atoms with E-state index in [9.17, 15) is 21.6 Å². The maximum absolute atomic E-state index is 12.0. The molecule has 0 aliphatic rings. The highest BCUT2D eigenvalue weighted by atomic mass is 32.2. The van der Waals surface area contributed by atoms with Gasteiger partial charge in [0.2, 0.25) is 10.0 Å². The van der Waals surface area contributed by atoms with Gasteiger partial charge in [0.1, 0.15) is 10.9 Å². The van der Waals surface area contributed by atoms with Crippen LogP contribution >= 0.6 is 0 Å². The Morgan fingerprint density at radius 2 is 1.95 bits per heavy atom. The minimum atomic E-state index is -4.08. The lowest BCUT2D eigenvalue weighted by Crippen LogP contribution is -2.40. The summed E-state index contributed by atoms with van der Waals surface area (Å²) in [6.45, 7) is 1.73. The van der Waals surface area contributed by atoms with Gasteiger partial charge < -0.3 is 5.11 Å². The van der Waals surface area contributed by atoms with E-state index in [-0.39, 0.29) is 16.3 Å². The number of sulfonamides is 1. The highest BCUT2D eigenvalue weighted by molar-refractivity contribution is 7.90. The summed E-state index contributed by atoms with van der Waals surface area (Å²) in [6.07, 6.45) is 2.46. The van der Waals surface area contributed by atoms with Gasteiger partial charge in [-0.15, -0.1) is 0 Å². The Morgan fingerprint density at radius 1 is 1.33 bits per heavy atom. The summed E-state index contributed by atoms with van der Waals surface area (Å²) in [5.74, 6) is -1.28. The van der Waals surface area contributed by atoms with E-state index in [2.05, 4.69) is 9.71 Å². The van der Waals surface area contributed by atoms with Gasteiger partial charge in [-0.05, 0) is 18.6 Å². The first kappa shape index (κ1) is 17.5. The maximum atomic E-state index is 12.0. The van der Waals surface area contributed by atoms with Crippen molar-refractivity contribution < 1.29 is 26.7 Å². The van der Waals surface area contributed by atoms with Crippen LogP contribution in [0, 0.1) is 0 Å². The Hall–Kier alpha value is -1.52. The number of nitrogens with one attached hydrogen (secondary N) is 1. The van der Waals surface area contributed by atoms with E-state index in [1.54, 1.807) is 6.92 Å². The smallest absolute Gasteiger partial charge is 0.321 e. The number of pyridine rings is 1. The largest absolute Gasteiger partial charge is 0.480 e. The van der Waals surface area contributed by atoms with Crippen LogP contribution in [0.5, 0.6) is 0 Å². The second-order valence-corrected chi connectivity index (χ2v) is 8.08. The average Bonchev–Trinajstić information content (AvgIpc) is 2.37. The molecular formula is C11H16N2O6S2. The van der Waals surface area contributed by atoms with E-state index < -0.39 is 31.9 Å². The average molecular weight is 336 g/mol. The fraction of sp³-hybridized carbons (Fsp3) is 0.455. The van der Waals surface area contributed by atoms with Gasteiger partial charge in [-0.25, -0.2) is 21.8 Å². The molecule has 0 bridgehead atoms. The summed E-state index contributed by atoms with van der Waals surface area (Å²) in [7, 11) is -7.61. The van der Waals surface area contributed by atoms with E-state index in [4.69, 9.17) is 5.11 Å². The number of carboxylic acids is 1.